The topological polar surface area (TPSA) is 105 Å². The van der Waals surface area contributed by atoms with Crippen molar-refractivity contribution < 1.29 is 29.3 Å². The summed E-state index contributed by atoms with van der Waals surface area (Å²) in [5, 5.41) is 22.2. The Morgan fingerprint density at radius 1 is 1.18 bits per heavy atom. The molecule has 0 aromatic carbocycles. The van der Waals surface area contributed by atoms with E-state index in [1.165, 1.54) is 0 Å². The summed E-state index contributed by atoms with van der Waals surface area (Å²) in [6.45, 7) is 4.18. The molecule has 0 radical (unpaired) electrons. The van der Waals surface area contributed by atoms with Crippen molar-refractivity contribution >= 4 is 11.9 Å². The minimum absolute atomic E-state index is 0.0437. The highest BCUT2D eigenvalue weighted by Crippen LogP contribution is 2.42. The van der Waals surface area contributed by atoms with Crippen LogP contribution < -0.4 is 10.2 Å². The molecule has 2 rings (SSSR count). The minimum atomic E-state index is -1.65. The van der Waals surface area contributed by atoms with Crippen LogP contribution in [-0.2, 0) is 19.1 Å². The first kappa shape index (κ1) is 12.1. The second kappa shape index (κ2) is 4.12. The van der Waals surface area contributed by atoms with Crippen molar-refractivity contribution in [2.45, 2.75) is 25.0 Å². The number of carbonyl (C=O) groups is 2. The lowest BCUT2D eigenvalue weighted by molar-refractivity contribution is -0.323. The molecular weight excluding hydrogens is 228 g/mol. The Morgan fingerprint density at radius 2 is 1.59 bits per heavy atom. The van der Waals surface area contributed by atoms with Gasteiger partial charge in [0.1, 0.15) is 0 Å². The Morgan fingerprint density at radius 3 is 1.82 bits per heavy atom. The van der Waals surface area contributed by atoms with Gasteiger partial charge in [-0.15, -0.1) is 0 Å². The van der Waals surface area contributed by atoms with Crippen LogP contribution >= 0.6 is 0 Å². The second-order valence-electron chi connectivity index (χ2n) is 4.45. The van der Waals surface area contributed by atoms with Gasteiger partial charge in [0.05, 0.1) is 37.4 Å². The van der Waals surface area contributed by atoms with Gasteiger partial charge in [-0.25, -0.2) is 0 Å². The zero-order chi connectivity index (χ0) is 12.6. The van der Waals surface area contributed by atoms with Crippen LogP contribution in [0.1, 0.15) is 12.8 Å². The normalized spacial score (nSPS) is 29.2. The number of carboxylic acids is 2. The number of epoxide rings is 2. The van der Waals surface area contributed by atoms with Gasteiger partial charge in [0.25, 0.3) is 0 Å². The Hall–Kier alpha value is -1.40. The molecule has 0 aromatic rings. The van der Waals surface area contributed by atoms with E-state index in [-0.39, 0.29) is 25.0 Å². The summed E-state index contributed by atoms with van der Waals surface area (Å²) >= 11 is 0. The van der Waals surface area contributed by atoms with Gasteiger partial charge >= 0.3 is 0 Å². The van der Waals surface area contributed by atoms with Gasteiger partial charge in [0, 0.05) is 5.41 Å². The third kappa shape index (κ3) is 2.48. The van der Waals surface area contributed by atoms with Crippen molar-refractivity contribution in [3.63, 3.8) is 0 Å². The van der Waals surface area contributed by atoms with Gasteiger partial charge in [0.15, 0.2) is 0 Å². The van der Waals surface area contributed by atoms with Gasteiger partial charge in [-0.3, -0.25) is 0 Å². The summed E-state index contributed by atoms with van der Waals surface area (Å²) in [7, 11) is 0. The first-order valence-corrected chi connectivity index (χ1v) is 5.31. The molecule has 0 aliphatic carbocycles. The molecule has 0 spiro atoms. The Balaban J connectivity index is 2.23. The van der Waals surface area contributed by atoms with Crippen LogP contribution in [0.4, 0.5) is 0 Å². The SMILES string of the molecule is C=C(C(=O)[O-])C(CC1CO1)(CC1CO1)C(=O)[O-]. The number of carbonyl (C=O) groups excluding carboxylic acids is 2. The number of rotatable bonds is 7. The fourth-order valence-corrected chi connectivity index (χ4v) is 1.96. The highest BCUT2D eigenvalue weighted by Gasteiger charge is 2.45. The van der Waals surface area contributed by atoms with E-state index in [1.807, 2.05) is 0 Å². The fraction of sp³-hybridized carbons (Fsp3) is 0.636. The first-order chi connectivity index (χ1) is 7.95. The molecule has 6 heteroatoms. The van der Waals surface area contributed by atoms with Crippen molar-refractivity contribution in [3.8, 4) is 0 Å². The maximum Gasteiger partial charge on any atom is 0.0822 e. The van der Waals surface area contributed by atoms with E-state index in [0.29, 0.717) is 13.2 Å². The summed E-state index contributed by atoms with van der Waals surface area (Å²) < 4.78 is 9.92. The largest absolute Gasteiger partial charge is 0.549 e. The van der Waals surface area contributed by atoms with Gasteiger partial charge in [-0.1, -0.05) is 6.58 Å². The first-order valence-electron chi connectivity index (χ1n) is 5.31. The molecular formula is C11H12O6-2. The fourth-order valence-electron chi connectivity index (χ4n) is 1.96. The van der Waals surface area contributed by atoms with Crippen molar-refractivity contribution in [1.29, 1.82) is 0 Å². The molecule has 0 aromatic heterocycles. The molecule has 2 aliphatic rings. The monoisotopic (exact) mass is 240 g/mol. The quantitative estimate of drug-likeness (QED) is 0.363. The number of hydrogen-bond donors (Lipinski definition) is 0. The van der Waals surface area contributed by atoms with Gasteiger partial charge in [-0.05, 0) is 18.4 Å². The van der Waals surface area contributed by atoms with E-state index in [0.717, 1.165) is 0 Å². The van der Waals surface area contributed by atoms with E-state index < -0.39 is 22.9 Å². The molecule has 0 N–H and O–H groups in total. The van der Waals surface area contributed by atoms with E-state index >= 15 is 0 Å². The maximum absolute atomic E-state index is 11.3. The van der Waals surface area contributed by atoms with Crippen LogP contribution in [0, 0.1) is 5.41 Å². The standard InChI is InChI=1S/C11H14O6/c1-6(9(12)13)11(10(14)15,2-7-4-16-7)3-8-5-17-8/h7-8H,1-5H2,(H,12,13)(H,14,15)/p-2. The van der Waals surface area contributed by atoms with E-state index in [4.69, 9.17) is 9.47 Å². The van der Waals surface area contributed by atoms with Crippen LogP contribution in [0.2, 0.25) is 0 Å². The second-order valence-corrected chi connectivity index (χ2v) is 4.45. The van der Waals surface area contributed by atoms with Crippen LogP contribution in [-0.4, -0.2) is 37.4 Å². The lowest BCUT2D eigenvalue weighted by Gasteiger charge is -2.36. The minimum Gasteiger partial charge on any atom is -0.549 e. The molecule has 0 saturated carbocycles. The molecule has 94 valence electrons. The molecule has 0 bridgehead atoms. The number of carboxylic acid groups (broad SMARTS) is 2. The predicted molar refractivity (Wildman–Crippen MR) is 50.3 cm³/mol. The summed E-state index contributed by atoms with van der Waals surface area (Å²) in [5.41, 5.74) is -2.12. The number of hydrogen-bond acceptors (Lipinski definition) is 6. The average molecular weight is 240 g/mol. The van der Waals surface area contributed by atoms with Gasteiger partial charge in [-0.2, -0.15) is 0 Å². The number of aliphatic carboxylic acids is 2. The Bertz CT molecular complexity index is 352. The summed E-state index contributed by atoms with van der Waals surface area (Å²) in [5.74, 6) is -3.03. The summed E-state index contributed by atoms with van der Waals surface area (Å²) in [6, 6.07) is 0. The van der Waals surface area contributed by atoms with Crippen LogP contribution in [0.3, 0.4) is 0 Å². The highest BCUT2D eigenvalue weighted by molar-refractivity contribution is 5.94. The smallest absolute Gasteiger partial charge is 0.0822 e. The van der Waals surface area contributed by atoms with Gasteiger partial charge in [0.2, 0.25) is 0 Å². The predicted octanol–water partition coefficient (Wildman–Crippen LogP) is -2.39. The molecule has 0 amide bonds. The zero-order valence-electron chi connectivity index (χ0n) is 9.14. The molecule has 2 unspecified atom stereocenters. The number of ether oxygens (including phenoxy) is 2. The van der Waals surface area contributed by atoms with E-state index in [9.17, 15) is 19.8 Å². The van der Waals surface area contributed by atoms with Crippen molar-refractivity contribution in [1.82, 2.24) is 0 Å². The lowest BCUT2D eigenvalue weighted by atomic mass is 9.73. The van der Waals surface area contributed by atoms with E-state index in [1.54, 1.807) is 0 Å². The molecule has 17 heavy (non-hydrogen) atoms. The molecule has 2 atom stereocenters. The third-order valence-electron chi connectivity index (χ3n) is 3.17. The maximum atomic E-state index is 11.3. The lowest BCUT2D eigenvalue weighted by Crippen LogP contribution is -2.49. The third-order valence-corrected chi connectivity index (χ3v) is 3.17. The summed E-state index contributed by atoms with van der Waals surface area (Å²) in [6.07, 6.45) is -0.408. The van der Waals surface area contributed by atoms with Crippen molar-refractivity contribution in [2.24, 2.45) is 5.41 Å². The van der Waals surface area contributed by atoms with Crippen molar-refractivity contribution in [2.75, 3.05) is 13.2 Å². The van der Waals surface area contributed by atoms with Gasteiger partial charge < -0.3 is 29.3 Å². The molecule has 2 heterocycles. The summed E-state index contributed by atoms with van der Waals surface area (Å²) in [4.78, 5) is 22.2. The molecule has 2 fully saturated rings. The molecule has 2 saturated heterocycles. The Labute approximate surface area is 97.8 Å². The highest BCUT2D eigenvalue weighted by atomic mass is 16.6. The van der Waals surface area contributed by atoms with Crippen LogP contribution in [0.15, 0.2) is 12.2 Å². The van der Waals surface area contributed by atoms with Crippen LogP contribution in [0.5, 0.6) is 0 Å². The van der Waals surface area contributed by atoms with E-state index in [2.05, 4.69) is 6.58 Å². The Kier molecular flexibility index (Phi) is 2.92. The van der Waals surface area contributed by atoms with Crippen molar-refractivity contribution in [3.05, 3.63) is 12.2 Å². The zero-order valence-corrected chi connectivity index (χ0v) is 9.14. The van der Waals surface area contributed by atoms with Crippen LogP contribution in [0.25, 0.3) is 0 Å². The average Bonchev–Trinajstić information content (AvgIpc) is 3.09. The molecule has 2 aliphatic heterocycles. The molecule has 6 nitrogen and oxygen atoms in total.